The van der Waals surface area contributed by atoms with Gasteiger partial charge in [-0.05, 0) is 41.8 Å². The van der Waals surface area contributed by atoms with Crippen LogP contribution in [0.25, 0.3) is 28.2 Å². The molecule has 0 spiro atoms. The summed E-state index contributed by atoms with van der Waals surface area (Å²) in [7, 11) is 0. The molecule has 0 radical (unpaired) electrons. The molecule has 0 N–H and O–H groups in total. The maximum atomic E-state index is 12.8. The molecule has 1 atom stereocenters. The van der Waals surface area contributed by atoms with E-state index in [-0.39, 0.29) is 18.3 Å². The minimum Gasteiger partial charge on any atom is -0.489 e. The number of hydrogen-bond acceptors (Lipinski definition) is 5. The van der Waals surface area contributed by atoms with Crippen molar-refractivity contribution in [3.05, 3.63) is 99.4 Å². The Morgan fingerprint density at radius 3 is 2.58 bits per heavy atom. The van der Waals surface area contributed by atoms with Gasteiger partial charge in [0, 0.05) is 28.7 Å². The highest BCUT2D eigenvalue weighted by molar-refractivity contribution is 6.01. The van der Waals surface area contributed by atoms with E-state index in [0.717, 1.165) is 33.6 Å². The van der Waals surface area contributed by atoms with Crippen molar-refractivity contribution in [1.82, 2.24) is 0 Å². The Balaban J connectivity index is 1.62. The zero-order valence-corrected chi connectivity index (χ0v) is 18.0. The van der Waals surface area contributed by atoms with Gasteiger partial charge in [0.25, 0.3) is 0 Å². The van der Waals surface area contributed by atoms with E-state index in [9.17, 15) is 9.59 Å². The average molecular weight is 436 g/mol. The van der Waals surface area contributed by atoms with Gasteiger partial charge in [-0.15, -0.1) is 0 Å². The van der Waals surface area contributed by atoms with Gasteiger partial charge in [-0.1, -0.05) is 48.5 Å². The lowest BCUT2D eigenvalue weighted by Gasteiger charge is -2.31. The van der Waals surface area contributed by atoms with Crippen LogP contribution in [0.3, 0.4) is 0 Å². The molecule has 5 nitrogen and oxygen atoms in total. The topological polar surface area (TPSA) is 65.7 Å². The second kappa shape index (κ2) is 7.48. The molecular formula is C28H20O5. The Labute approximate surface area is 189 Å². The first-order chi connectivity index (χ1) is 16.1. The third-order valence-electron chi connectivity index (χ3n) is 6.35. The maximum Gasteiger partial charge on any atom is 0.336 e. The summed E-state index contributed by atoms with van der Waals surface area (Å²) in [4.78, 5) is 25.2. The zero-order valence-electron chi connectivity index (χ0n) is 18.0. The molecule has 0 bridgehead atoms. The first kappa shape index (κ1) is 19.6. The summed E-state index contributed by atoms with van der Waals surface area (Å²) in [5, 5.41) is 0.636. The van der Waals surface area contributed by atoms with E-state index in [1.165, 1.54) is 6.07 Å². The van der Waals surface area contributed by atoms with Crippen LogP contribution < -0.4 is 15.1 Å². The second-order valence-corrected chi connectivity index (χ2v) is 8.43. The number of carbonyl (C=O) groups excluding carboxylic acids is 1. The van der Waals surface area contributed by atoms with Crippen LogP contribution in [-0.2, 0) is 4.79 Å². The molecule has 3 aromatic carbocycles. The van der Waals surface area contributed by atoms with Gasteiger partial charge in [0.15, 0.2) is 0 Å². The first-order valence-electron chi connectivity index (χ1n) is 10.9. The number of ether oxygens (including phenoxy) is 2. The molecule has 0 saturated carbocycles. The van der Waals surface area contributed by atoms with Gasteiger partial charge in [0.2, 0.25) is 0 Å². The summed E-state index contributed by atoms with van der Waals surface area (Å²) in [6.07, 6.45) is 2.34. The Kier molecular flexibility index (Phi) is 4.44. The van der Waals surface area contributed by atoms with E-state index in [1.807, 2.05) is 67.6 Å². The van der Waals surface area contributed by atoms with E-state index in [2.05, 4.69) is 6.08 Å². The lowest BCUT2D eigenvalue weighted by Crippen LogP contribution is -2.25. The number of fused-ring (bicyclic) bond motifs is 4. The van der Waals surface area contributed by atoms with Gasteiger partial charge in [0.1, 0.15) is 23.7 Å². The van der Waals surface area contributed by atoms with Crippen LogP contribution >= 0.6 is 0 Å². The third-order valence-corrected chi connectivity index (χ3v) is 6.35. The molecule has 5 heteroatoms. The van der Waals surface area contributed by atoms with Crippen molar-refractivity contribution >= 4 is 23.0 Å². The number of esters is 1. The SMILES string of the molecule is Cc1cc2oc(=O)cc(-c3ccccc3)c2c2c1[C@@H](C1=Cc3ccccc3OC1)CC(=O)O2. The quantitative estimate of drug-likeness (QED) is 0.231. The minimum atomic E-state index is -0.445. The molecule has 0 aliphatic carbocycles. The number of para-hydroxylation sites is 1. The van der Waals surface area contributed by atoms with Crippen LogP contribution in [0.4, 0.5) is 0 Å². The highest BCUT2D eigenvalue weighted by Gasteiger charge is 2.35. The standard InChI is InChI=1S/C28H20O5/c1-16-11-23-27(20(13-24(29)32-23)17-7-3-2-4-8-17)28-26(16)21(14-25(30)33-28)19-12-18-9-5-6-10-22(18)31-15-19/h2-13,21H,14-15H2,1H3/t21-/m1/s1. The zero-order chi connectivity index (χ0) is 22.5. The highest BCUT2D eigenvalue weighted by atomic mass is 16.5. The van der Waals surface area contributed by atoms with Crippen LogP contribution in [0.5, 0.6) is 11.5 Å². The normalized spacial score (nSPS) is 16.9. The van der Waals surface area contributed by atoms with Gasteiger partial charge in [0.05, 0.1) is 11.8 Å². The fraction of sp³-hybridized carbons (Fsp3) is 0.143. The van der Waals surface area contributed by atoms with Crippen LogP contribution in [0.15, 0.2) is 81.5 Å². The predicted molar refractivity (Wildman–Crippen MR) is 126 cm³/mol. The van der Waals surface area contributed by atoms with Crippen molar-refractivity contribution in [2.75, 3.05) is 6.61 Å². The summed E-state index contributed by atoms with van der Waals surface area (Å²) in [6.45, 7) is 2.36. The van der Waals surface area contributed by atoms with Crippen molar-refractivity contribution in [3.63, 3.8) is 0 Å². The van der Waals surface area contributed by atoms with Gasteiger partial charge < -0.3 is 13.9 Å². The van der Waals surface area contributed by atoms with Crippen LogP contribution in [0, 0.1) is 6.92 Å². The van der Waals surface area contributed by atoms with Crippen LogP contribution in [0.1, 0.15) is 29.0 Å². The van der Waals surface area contributed by atoms with E-state index in [4.69, 9.17) is 13.9 Å². The third kappa shape index (κ3) is 3.24. The molecule has 3 heterocycles. The Hall–Kier alpha value is -4.12. The molecule has 4 aromatic rings. The van der Waals surface area contributed by atoms with Crippen molar-refractivity contribution in [2.24, 2.45) is 0 Å². The summed E-state index contributed by atoms with van der Waals surface area (Å²) < 4.78 is 17.4. The number of rotatable bonds is 2. The monoisotopic (exact) mass is 436 g/mol. The Morgan fingerprint density at radius 1 is 0.939 bits per heavy atom. The van der Waals surface area contributed by atoms with Gasteiger partial charge in [-0.25, -0.2) is 4.79 Å². The predicted octanol–water partition coefficient (Wildman–Crippen LogP) is 5.64. The number of benzene rings is 3. The van der Waals surface area contributed by atoms with Crippen molar-refractivity contribution in [1.29, 1.82) is 0 Å². The largest absolute Gasteiger partial charge is 0.489 e. The molecule has 162 valence electrons. The molecule has 6 rings (SSSR count). The Morgan fingerprint density at radius 2 is 1.73 bits per heavy atom. The lowest BCUT2D eigenvalue weighted by atomic mass is 9.81. The molecule has 0 saturated heterocycles. The van der Waals surface area contributed by atoms with Gasteiger partial charge in [-0.2, -0.15) is 0 Å². The molecule has 0 fully saturated rings. The van der Waals surface area contributed by atoms with Crippen LogP contribution in [-0.4, -0.2) is 12.6 Å². The van der Waals surface area contributed by atoms with E-state index < -0.39 is 5.63 Å². The summed E-state index contributed by atoms with van der Waals surface area (Å²) in [5.74, 6) is 0.802. The molecule has 33 heavy (non-hydrogen) atoms. The van der Waals surface area contributed by atoms with Crippen LogP contribution in [0.2, 0.25) is 0 Å². The number of hydrogen-bond donors (Lipinski definition) is 0. The second-order valence-electron chi connectivity index (χ2n) is 8.43. The molecular weight excluding hydrogens is 416 g/mol. The minimum absolute atomic E-state index is 0.186. The Bertz CT molecular complexity index is 1510. The molecule has 2 aliphatic rings. The molecule has 2 aliphatic heterocycles. The van der Waals surface area contributed by atoms with Crippen molar-refractivity contribution in [2.45, 2.75) is 19.3 Å². The highest BCUT2D eigenvalue weighted by Crippen LogP contribution is 2.48. The van der Waals surface area contributed by atoms with Gasteiger partial charge in [-0.3, -0.25) is 4.79 Å². The number of carbonyl (C=O) groups is 1. The fourth-order valence-corrected chi connectivity index (χ4v) is 4.90. The molecule has 0 unspecified atom stereocenters. The summed E-state index contributed by atoms with van der Waals surface area (Å²) >= 11 is 0. The van der Waals surface area contributed by atoms with Crippen molar-refractivity contribution < 1.29 is 18.7 Å². The van der Waals surface area contributed by atoms with E-state index in [0.29, 0.717) is 28.9 Å². The smallest absolute Gasteiger partial charge is 0.336 e. The maximum absolute atomic E-state index is 12.8. The fourth-order valence-electron chi connectivity index (χ4n) is 4.90. The van der Waals surface area contributed by atoms with Crippen molar-refractivity contribution in [3.8, 4) is 22.6 Å². The van der Waals surface area contributed by atoms with E-state index in [1.54, 1.807) is 0 Å². The average Bonchev–Trinajstić information content (AvgIpc) is 2.83. The van der Waals surface area contributed by atoms with Gasteiger partial charge >= 0.3 is 11.6 Å². The first-order valence-corrected chi connectivity index (χ1v) is 10.9. The molecule has 1 aromatic heterocycles. The summed E-state index contributed by atoms with van der Waals surface area (Å²) in [6, 6.07) is 20.8. The molecule has 0 amide bonds. The van der Waals surface area contributed by atoms with E-state index >= 15 is 0 Å². The number of aryl methyl sites for hydroxylation is 1. The summed E-state index contributed by atoms with van der Waals surface area (Å²) in [5.41, 5.74) is 5.36. The lowest BCUT2D eigenvalue weighted by molar-refractivity contribution is -0.135.